The third-order valence-corrected chi connectivity index (χ3v) is 17.8. The standard InChI is InChI=1S/C51H58ClFN7O6PS2/c1-35(2)59-36(3)51(69(6,64)65)49(50(59)37-12-14-39(52)15-13-37)38-30-40(53)32-44(31-38)57-26-24-56(25-27-57)42-16-18-43(19-17-42)58-28-29-66-67(58,63)45-20-21-47(48(33-45)60(61)62)54-41(22-23-55(4)5)34-68-46-10-8-7-9-11-46/h7-21,30-33,35,41,54H,22-29,34H2,1-6H3/t41-,67-/m1/s1. The highest BCUT2D eigenvalue weighted by atomic mass is 35.5. The van der Waals surface area contributed by atoms with Gasteiger partial charge in [0.25, 0.3) is 5.69 Å². The van der Waals surface area contributed by atoms with Gasteiger partial charge in [-0.15, -0.1) is 11.8 Å². The monoisotopic (exact) mass is 1010 g/mol. The number of hydrogen-bond donors (Lipinski definition) is 1. The minimum atomic E-state index is -3.75. The molecule has 364 valence electrons. The third-order valence-electron chi connectivity index (χ3n) is 12.6. The first kappa shape index (κ1) is 50.1. The second kappa shape index (κ2) is 20.9. The quantitative estimate of drug-likeness (QED) is 0.0403. The van der Waals surface area contributed by atoms with Crippen LogP contribution in [0.1, 0.15) is 32.0 Å². The summed E-state index contributed by atoms with van der Waals surface area (Å²) in [5.74, 6) is 0.225. The number of benzene rings is 5. The molecule has 0 radical (unpaired) electrons. The number of nitro benzene ring substituents is 1. The molecule has 13 nitrogen and oxygen atoms in total. The molecule has 1 N–H and O–H groups in total. The average molecular weight is 1010 g/mol. The molecule has 69 heavy (non-hydrogen) atoms. The smallest absolute Gasteiger partial charge is 0.326 e. The molecule has 8 rings (SSSR count). The Bertz CT molecular complexity index is 2970. The van der Waals surface area contributed by atoms with Gasteiger partial charge in [0.05, 0.1) is 34.0 Å². The molecule has 2 saturated heterocycles. The van der Waals surface area contributed by atoms with E-state index >= 15 is 4.39 Å². The van der Waals surface area contributed by atoms with Gasteiger partial charge in [-0.25, -0.2) is 12.8 Å². The van der Waals surface area contributed by atoms with Crippen LogP contribution in [0.25, 0.3) is 22.4 Å². The fourth-order valence-corrected chi connectivity index (χ4v) is 13.9. The van der Waals surface area contributed by atoms with Crippen LogP contribution in [0.3, 0.4) is 0 Å². The zero-order valence-electron chi connectivity index (χ0n) is 39.6. The number of halogens is 2. The van der Waals surface area contributed by atoms with Crippen molar-refractivity contribution >= 4 is 74.5 Å². The van der Waals surface area contributed by atoms with Crippen LogP contribution in [0.5, 0.6) is 0 Å². The highest BCUT2D eigenvalue weighted by Crippen LogP contribution is 2.56. The average Bonchev–Trinajstić information content (AvgIpc) is 3.88. The summed E-state index contributed by atoms with van der Waals surface area (Å²) in [4.78, 5) is 19.8. The second-order valence-corrected chi connectivity index (χ2v) is 23.8. The van der Waals surface area contributed by atoms with Crippen LogP contribution in [-0.2, 0) is 18.9 Å². The Balaban J connectivity index is 0.987. The molecular formula is C51H58ClFN7O6PS2. The van der Waals surface area contributed by atoms with Gasteiger partial charge >= 0.3 is 7.52 Å². The van der Waals surface area contributed by atoms with E-state index in [2.05, 4.69) is 20.0 Å². The van der Waals surface area contributed by atoms with Crippen molar-refractivity contribution in [3.8, 4) is 22.4 Å². The number of thioether (sulfide) groups is 1. The van der Waals surface area contributed by atoms with Gasteiger partial charge < -0.3 is 29.1 Å². The van der Waals surface area contributed by atoms with E-state index in [0.717, 1.165) is 29.1 Å². The Morgan fingerprint density at radius 1 is 0.870 bits per heavy atom. The summed E-state index contributed by atoms with van der Waals surface area (Å²) in [5, 5.41) is 16.8. The van der Waals surface area contributed by atoms with Gasteiger partial charge in [-0.3, -0.25) is 19.3 Å². The number of aromatic nitrogens is 1. The maximum atomic E-state index is 15.8. The van der Waals surface area contributed by atoms with Crippen LogP contribution in [0, 0.1) is 22.9 Å². The van der Waals surface area contributed by atoms with Crippen molar-refractivity contribution in [3.63, 3.8) is 0 Å². The first-order valence-corrected chi connectivity index (χ1v) is 27.8. The van der Waals surface area contributed by atoms with E-state index in [-0.39, 0.29) is 34.6 Å². The van der Waals surface area contributed by atoms with Crippen molar-refractivity contribution < 1.29 is 26.8 Å². The molecule has 0 aliphatic carbocycles. The van der Waals surface area contributed by atoms with Crippen molar-refractivity contribution in [2.75, 3.05) is 91.8 Å². The first-order valence-electron chi connectivity index (χ1n) is 22.9. The largest absolute Gasteiger partial charge is 0.376 e. The van der Waals surface area contributed by atoms with E-state index in [1.165, 1.54) is 24.5 Å². The summed E-state index contributed by atoms with van der Waals surface area (Å²) < 4.78 is 67.3. The number of sulfone groups is 1. The molecule has 0 bridgehead atoms. The lowest BCUT2D eigenvalue weighted by Crippen LogP contribution is -2.46. The molecule has 2 aliphatic heterocycles. The molecule has 2 aliphatic rings. The van der Waals surface area contributed by atoms with Gasteiger partial charge in [0.2, 0.25) is 0 Å². The maximum Gasteiger partial charge on any atom is 0.326 e. The lowest BCUT2D eigenvalue weighted by Gasteiger charge is -2.37. The Morgan fingerprint density at radius 2 is 1.52 bits per heavy atom. The number of nitro groups is 1. The number of anilines is 4. The van der Waals surface area contributed by atoms with Crippen LogP contribution in [0.2, 0.25) is 5.02 Å². The summed E-state index contributed by atoms with van der Waals surface area (Å²) in [6, 6.07) is 34.3. The molecular weight excluding hydrogens is 956 g/mol. The van der Waals surface area contributed by atoms with E-state index in [1.54, 1.807) is 47.6 Å². The molecule has 2 atom stereocenters. The highest BCUT2D eigenvalue weighted by Gasteiger charge is 2.41. The normalized spacial score (nSPS) is 17.0. The predicted molar refractivity (Wildman–Crippen MR) is 281 cm³/mol. The molecule has 0 amide bonds. The SMILES string of the molecule is Cc1c(S(C)(=O)=O)c(-c2cc(F)cc(N3CCN(c4ccc(N5CCO[P@]5(=O)c5ccc(N[C@H](CCN(C)C)CSc6ccccc6)c([N+](=O)[O-])c5)cc4)CC3)c2)c(-c2ccc(Cl)cc2)n1C(C)C. The predicted octanol–water partition coefficient (Wildman–Crippen LogP) is 11.0. The molecule has 3 heterocycles. The Labute approximate surface area is 413 Å². The fraction of sp³-hybridized carbons (Fsp3) is 0.333. The van der Waals surface area contributed by atoms with Crippen molar-refractivity contribution in [1.82, 2.24) is 9.47 Å². The number of piperazine rings is 1. The summed E-state index contributed by atoms with van der Waals surface area (Å²) in [6.07, 6.45) is 1.96. The van der Waals surface area contributed by atoms with E-state index in [1.807, 2.05) is 105 Å². The lowest BCUT2D eigenvalue weighted by atomic mass is 9.99. The summed E-state index contributed by atoms with van der Waals surface area (Å²) >= 11 is 7.96. The first-order chi connectivity index (χ1) is 32.9. The van der Waals surface area contributed by atoms with Crippen molar-refractivity contribution in [2.45, 2.75) is 49.1 Å². The third kappa shape index (κ3) is 11.0. The van der Waals surface area contributed by atoms with E-state index in [4.69, 9.17) is 16.1 Å². The van der Waals surface area contributed by atoms with Crippen LogP contribution >= 0.6 is 30.9 Å². The zero-order valence-corrected chi connectivity index (χ0v) is 42.9. The van der Waals surface area contributed by atoms with Gasteiger partial charge in [-0.2, -0.15) is 0 Å². The molecule has 2 fully saturated rings. The van der Waals surface area contributed by atoms with Gasteiger partial charge in [-0.1, -0.05) is 41.9 Å². The highest BCUT2D eigenvalue weighted by molar-refractivity contribution is 7.99. The number of nitrogens with zero attached hydrogens (tertiary/aromatic N) is 6. The van der Waals surface area contributed by atoms with Crippen LogP contribution in [-0.4, -0.2) is 101 Å². The van der Waals surface area contributed by atoms with Crippen molar-refractivity contribution in [3.05, 3.63) is 142 Å². The Morgan fingerprint density at radius 3 is 2.14 bits per heavy atom. The minimum Gasteiger partial charge on any atom is -0.376 e. The van der Waals surface area contributed by atoms with Crippen LogP contribution < -0.4 is 25.1 Å². The van der Waals surface area contributed by atoms with E-state index < -0.39 is 28.1 Å². The van der Waals surface area contributed by atoms with E-state index in [9.17, 15) is 23.1 Å². The molecule has 5 aromatic carbocycles. The van der Waals surface area contributed by atoms with Crippen molar-refractivity contribution in [1.29, 1.82) is 0 Å². The lowest BCUT2D eigenvalue weighted by molar-refractivity contribution is -0.383. The zero-order chi connectivity index (χ0) is 49.2. The fourth-order valence-electron chi connectivity index (χ4n) is 9.36. The summed E-state index contributed by atoms with van der Waals surface area (Å²) in [7, 11) is -3.47. The van der Waals surface area contributed by atoms with Gasteiger partial charge in [0, 0.05) is 94.6 Å². The van der Waals surface area contributed by atoms with Gasteiger partial charge in [-0.05, 0) is 138 Å². The number of rotatable bonds is 17. The molecule has 0 unspecified atom stereocenters. The summed E-state index contributed by atoms with van der Waals surface area (Å²) in [6.45, 7) is 9.50. The van der Waals surface area contributed by atoms with Crippen LogP contribution in [0.15, 0.2) is 125 Å². The molecule has 18 heteroatoms. The topological polar surface area (TPSA) is 134 Å². The van der Waals surface area contributed by atoms with Crippen LogP contribution in [0.4, 0.5) is 32.8 Å². The molecule has 0 spiro atoms. The molecule has 1 aromatic heterocycles. The van der Waals surface area contributed by atoms with E-state index in [0.29, 0.717) is 83.1 Å². The number of nitrogens with one attached hydrogen (secondary N) is 1. The van der Waals surface area contributed by atoms with Crippen molar-refractivity contribution in [2.24, 2.45) is 0 Å². The molecule has 0 saturated carbocycles. The minimum absolute atomic E-state index is 0.0713. The molecule has 6 aromatic rings. The van der Waals surface area contributed by atoms with Gasteiger partial charge in [0.15, 0.2) is 9.84 Å². The second-order valence-electron chi connectivity index (χ2n) is 18.1. The Kier molecular flexibility index (Phi) is 15.2. The Hall–Kier alpha value is -5.35. The van der Waals surface area contributed by atoms with Gasteiger partial charge in [0.1, 0.15) is 11.5 Å². The number of hydrogen-bond acceptors (Lipinski definition) is 11. The maximum absolute atomic E-state index is 15.8. The summed E-state index contributed by atoms with van der Waals surface area (Å²) in [5.41, 5.74) is 5.43.